The highest BCUT2D eigenvalue weighted by atomic mass is 16.3. The van der Waals surface area contributed by atoms with Crippen molar-refractivity contribution in [3.05, 3.63) is 56.9 Å². The zero-order valence-electron chi connectivity index (χ0n) is 12.3. The second kappa shape index (κ2) is 5.16. The van der Waals surface area contributed by atoms with E-state index in [0.29, 0.717) is 0 Å². The van der Waals surface area contributed by atoms with Gasteiger partial charge in [-0.05, 0) is 49.8 Å². The Bertz CT molecular complexity index is 787. The molecule has 0 radical (unpaired) electrons. The molecule has 0 unspecified atom stereocenters. The Morgan fingerprint density at radius 2 is 2.18 bits per heavy atom. The zero-order chi connectivity index (χ0) is 15.1. The van der Waals surface area contributed by atoms with Crippen molar-refractivity contribution in [1.29, 1.82) is 0 Å². The van der Waals surface area contributed by atoms with E-state index < -0.39 is 0 Å². The molecule has 0 spiro atoms. The van der Waals surface area contributed by atoms with Crippen molar-refractivity contribution in [3.63, 3.8) is 0 Å². The predicted molar refractivity (Wildman–Crippen MR) is 80.9 cm³/mol. The van der Waals surface area contributed by atoms with Crippen LogP contribution in [0.2, 0.25) is 0 Å². The standard InChI is InChI=1S/C17H18N2O3/c20-16-12(9-10-3-1-4-13(10)18-16)17(21)19-14-5-2-6-15-11(14)7-8-22-15/h7-9,14H,1-6H2,(H,18,20)(H,19,21)/t14-/m0/s1. The van der Waals surface area contributed by atoms with Crippen LogP contribution in [0, 0.1) is 0 Å². The summed E-state index contributed by atoms with van der Waals surface area (Å²) in [6.45, 7) is 0. The van der Waals surface area contributed by atoms with Crippen molar-refractivity contribution >= 4 is 5.91 Å². The zero-order valence-corrected chi connectivity index (χ0v) is 12.3. The van der Waals surface area contributed by atoms with Crippen molar-refractivity contribution in [2.75, 3.05) is 0 Å². The third-order valence-corrected chi connectivity index (χ3v) is 4.69. The summed E-state index contributed by atoms with van der Waals surface area (Å²) < 4.78 is 5.44. The first-order chi connectivity index (χ1) is 10.7. The van der Waals surface area contributed by atoms with Crippen LogP contribution in [-0.2, 0) is 19.3 Å². The summed E-state index contributed by atoms with van der Waals surface area (Å²) in [7, 11) is 0. The number of carbonyl (C=O) groups excluding carboxylic acids is 1. The number of aromatic amines is 1. The number of aryl methyl sites for hydroxylation is 3. The van der Waals surface area contributed by atoms with E-state index in [-0.39, 0.29) is 23.1 Å². The van der Waals surface area contributed by atoms with Crippen LogP contribution in [0.15, 0.2) is 27.6 Å². The number of carbonyl (C=O) groups is 1. The quantitative estimate of drug-likeness (QED) is 0.893. The molecule has 0 saturated carbocycles. The number of rotatable bonds is 2. The van der Waals surface area contributed by atoms with Gasteiger partial charge in [-0.15, -0.1) is 0 Å². The summed E-state index contributed by atoms with van der Waals surface area (Å²) in [5, 5.41) is 2.99. The lowest BCUT2D eigenvalue weighted by molar-refractivity contribution is 0.0930. The number of aromatic nitrogens is 1. The van der Waals surface area contributed by atoms with Crippen molar-refractivity contribution < 1.29 is 9.21 Å². The monoisotopic (exact) mass is 298 g/mol. The maximum absolute atomic E-state index is 12.5. The lowest BCUT2D eigenvalue weighted by atomic mass is 9.93. The SMILES string of the molecule is O=C(N[C@H]1CCCc2occc21)c1cc2c([nH]c1=O)CCC2. The van der Waals surface area contributed by atoms with Gasteiger partial charge in [0.15, 0.2) is 0 Å². The number of nitrogens with one attached hydrogen (secondary N) is 2. The first-order valence-corrected chi connectivity index (χ1v) is 7.84. The molecule has 4 rings (SSSR count). The minimum atomic E-state index is -0.296. The molecule has 5 nitrogen and oxygen atoms in total. The van der Waals surface area contributed by atoms with E-state index in [1.54, 1.807) is 12.3 Å². The second-order valence-electron chi connectivity index (χ2n) is 6.09. The molecule has 2 aromatic rings. The van der Waals surface area contributed by atoms with Gasteiger partial charge in [0.25, 0.3) is 11.5 Å². The fourth-order valence-corrected chi connectivity index (χ4v) is 3.55. The van der Waals surface area contributed by atoms with Gasteiger partial charge in [-0.25, -0.2) is 0 Å². The highest BCUT2D eigenvalue weighted by molar-refractivity contribution is 5.94. The number of fused-ring (bicyclic) bond motifs is 2. The van der Waals surface area contributed by atoms with Crippen LogP contribution in [0.5, 0.6) is 0 Å². The van der Waals surface area contributed by atoms with Crippen LogP contribution in [0.4, 0.5) is 0 Å². The fourth-order valence-electron chi connectivity index (χ4n) is 3.55. The summed E-state index contributed by atoms with van der Waals surface area (Å²) in [5.74, 6) is 0.648. The summed E-state index contributed by atoms with van der Waals surface area (Å²) in [4.78, 5) is 27.5. The minimum absolute atomic E-state index is 0.0670. The molecule has 0 fully saturated rings. The van der Waals surface area contributed by atoms with Gasteiger partial charge >= 0.3 is 0 Å². The third-order valence-electron chi connectivity index (χ3n) is 4.69. The predicted octanol–water partition coefficient (Wildman–Crippen LogP) is 2.26. The number of hydrogen-bond acceptors (Lipinski definition) is 3. The van der Waals surface area contributed by atoms with E-state index in [1.165, 1.54) is 0 Å². The van der Waals surface area contributed by atoms with Gasteiger partial charge in [0.1, 0.15) is 11.3 Å². The second-order valence-corrected chi connectivity index (χ2v) is 6.09. The topological polar surface area (TPSA) is 75.1 Å². The molecule has 1 amide bonds. The van der Waals surface area contributed by atoms with E-state index >= 15 is 0 Å². The Morgan fingerprint density at radius 1 is 1.27 bits per heavy atom. The van der Waals surface area contributed by atoms with Crippen LogP contribution in [0.3, 0.4) is 0 Å². The maximum atomic E-state index is 12.5. The molecule has 0 aliphatic heterocycles. The molecule has 114 valence electrons. The van der Waals surface area contributed by atoms with Crippen LogP contribution < -0.4 is 10.9 Å². The molecule has 2 aliphatic carbocycles. The molecule has 2 heterocycles. The Balaban J connectivity index is 1.60. The van der Waals surface area contributed by atoms with Gasteiger partial charge < -0.3 is 14.7 Å². The lowest BCUT2D eigenvalue weighted by Crippen LogP contribution is -2.34. The number of hydrogen-bond donors (Lipinski definition) is 2. The highest BCUT2D eigenvalue weighted by Gasteiger charge is 2.26. The van der Waals surface area contributed by atoms with Crippen LogP contribution in [0.25, 0.3) is 0 Å². The lowest BCUT2D eigenvalue weighted by Gasteiger charge is -2.22. The minimum Gasteiger partial charge on any atom is -0.469 e. The molecule has 2 N–H and O–H groups in total. The highest BCUT2D eigenvalue weighted by Crippen LogP contribution is 2.30. The first-order valence-electron chi connectivity index (χ1n) is 7.84. The average Bonchev–Trinajstić information content (AvgIpc) is 3.14. The molecular formula is C17H18N2O3. The van der Waals surface area contributed by atoms with Gasteiger partial charge in [0.05, 0.1) is 12.3 Å². The first kappa shape index (κ1) is 13.4. The molecule has 5 heteroatoms. The van der Waals surface area contributed by atoms with Crippen LogP contribution in [0.1, 0.15) is 58.2 Å². The average molecular weight is 298 g/mol. The van der Waals surface area contributed by atoms with Crippen molar-refractivity contribution in [2.24, 2.45) is 0 Å². The van der Waals surface area contributed by atoms with Crippen molar-refractivity contribution in [2.45, 2.75) is 44.6 Å². The van der Waals surface area contributed by atoms with E-state index in [0.717, 1.165) is 61.1 Å². The number of pyridine rings is 1. The Labute approximate surface area is 127 Å². The fraction of sp³-hybridized carbons (Fsp3) is 0.412. The van der Waals surface area contributed by atoms with Gasteiger partial charge in [0.2, 0.25) is 0 Å². The molecule has 0 saturated heterocycles. The van der Waals surface area contributed by atoms with Crippen molar-refractivity contribution in [1.82, 2.24) is 10.3 Å². The molecule has 2 aliphatic rings. The third kappa shape index (κ3) is 2.17. The summed E-state index contributed by atoms with van der Waals surface area (Å²) in [6.07, 6.45) is 7.30. The Kier molecular flexibility index (Phi) is 3.13. The van der Waals surface area contributed by atoms with E-state index in [4.69, 9.17) is 4.42 Å². The van der Waals surface area contributed by atoms with Crippen molar-refractivity contribution in [3.8, 4) is 0 Å². The molecule has 1 atom stereocenters. The van der Waals surface area contributed by atoms with Crippen LogP contribution >= 0.6 is 0 Å². The normalized spacial score (nSPS) is 19.5. The van der Waals surface area contributed by atoms with Gasteiger partial charge in [-0.2, -0.15) is 0 Å². The van der Waals surface area contributed by atoms with E-state index in [9.17, 15) is 9.59 Å². The number of furan rings is 1. The van der Waals surface area contributed by atoms with Gasteiger partial charge in [-0.3, -0.25) is 9.59 Å². The Morgan fingerprint density at radius 3 is 3.09 bits per heavy atom. The summed E-state index contributed by atoms with van der Waals surface area (Å²) >= 11 is 0. The van der Waals surface area contributed by atoms with Gasteiger partial charge in [-0.1, -0.05) is 0 Å². The largest absolute Gasteiger partial charge is 0.469 e. The maximum Gasteiger partial charge on any atom is 0.261 e. The molecule has 22 heavy (non-hydrogen) atoms. The molecule has 0 bridgehead atoms. The van der Waals surface area contributed by atoms with Gasteiger partial charge in [0, 0.05) is 17.7 Å². The van der Waals surface area contributed by atoms with E-state index in [1.807, 2.05) is 6.07 Å². The summed E-state index contributed by atoms with van der Waals surface area (Å²) in [6, 6.07) is 3.60. The van der Waals surface area contributed by atoms with E-state index in [2.05, 4.69) is 10.3 Å². The van der Waals surface area contributed by atoms with Crippen LogP contribution in [-0.4, -0.2) is 10.9 Å². The number of amides is 1. The molecule has 2 aromatic heterocycles. The molecule has 0 aromatic carbocycles. The Hall–Kier alpha value is -2.30. The molecular weight excluding hydrogens is 280 g/mol. The summed E-state index contributed by atoms with van der Waals surface area (Å²) in [5.41, 5.74) is 3.04. The number of H-pyrrole nitrogens is 1. The smallest absolute Gasteiger partial charge is 0.261 e.